The van der Waals surface area contributed by atoms with E-state index >= 15 is 0 Å². The number of nitrogens with zero attached hydrogens (tertiary/aromatic N) is 1. The molecule has 0 aliphatic carbocycles. The number of carbonyl (C=O) groups is 1. The summed E-state index contributed by atoms with van der Waals surface area (Å²) < 4.78 is 18.2. The highest BCUT2D eigenvalue weighted by molar-refractivity contribution is 6.30. The summed E-state index contributed by atoms with van der Waals surface area (Å²) in [4.78, 5) is 16.2. The molecule has 1 aromatic heterocycles. The molecule has 1 aliphatic rings. The Hall–Kier alpha value is -2.40. The van der Waals surface area contributed by atoms with E-state index in [9.17, 15) is 9.18 Å². The first-order valence-corrected chi connectivity index (χ1v) is 8.20. The van der Waals surface area contributed by atoms with Crippen LogP contribution in [0.5, 0.6) is 0 Å². The first-order chi connectivity index (χ1) is 11.9. The monoisotopic (exact) mass is 360 g/mol. The number of allylic oxidation sites excluding steroid dienone is 1. The van der Waals surface area contributed by atoms with Crippen LogP contribution in [0, 0.1) is 5.82 Å². The molecule has 1 N–H and O–H groups in total. The highest BCUT2D eigenvalue weighted by atomic mass is 35.5. The van der Waals surface area contributed by atoms with Crippen LogP contribution in [0.15, 0.2) is 43.0 Å². The van der Waals surface area contributed by atoms with Crippen molar-refractivity contribution in [1.29, 1.82) is 0 Å². The fourth-order valence-electron chi connectivity index (χ4n) is 3.10. The number of pyridine rings is 1. The molecule has 25 heavy (non-hydrogen) atoms. The van der Waals surface area contributed by atoms with Gasteiger partial charge in [-0.1, -0.05) is 30.7 Å². The van der Waals surface area contributed by atoms with E-state index in [0.717, 1.165) is 16.9 Å². The van der Waals surface area contributed by atoms with Crippen molar-refractivity contribution in [3.05, 3.63) is 70.8 Å². The topological polar surface area (TPSA) is 51.2 Å². The van der Waals surface area contributed by atoms with Gasteiger partial charge in [0, 0.05) is 5.41 Å². The molecule has 3 rings (SSSR count). The SMILES string of the molecule is C=CC1(C)CC(c2ccc(F)c(Cl)c2)Nc2ccc(C(=O)OC)nc21. The van der Waals surface area contributed by atoms with E-state index in [1.54, 1.807) is 24.3 Å². The summed E-state index contributed by atoms with van der Waals surface area (Å²) in [6, 6.07) is 8.02. The minimum absolute atomic E-state index is 0.0839. The zero-order valence-corrected chi connectivity index (χ0v) is 14.7. The molecule has 2 unspecified atom stereocenters. The van der Waals surface area contributed by atoms with Crippen molar-refractivity contribution in [1.82, 2.24) is 4.98 Å². The van der Waals surface area contributed by atoms with Gasteiger partial charge < -0.3 is 10.1 Å². The Kier molecular flexibility index (Phi) is 4.52. The Morgan fingerprint density at radius 2 is 2.24 bits per heavy atom. The largest absolute Gasteiger partial charge is 0.464 e. The minimum atomic E-state index is -0.485. The summed E-state index contributed by atoms with van der Waals surface area (Å²) in [7, 11) is 1.32. The molecule has 0 bridgehead atoms. The Morgan fingerprint density at radius 1 is 1.48 bits per heavy atom. The van der Waals surface area contributed by atoms with Crippen molar-refractivity contribution in [2.45, 2.75) is 24.8 Å². The predicted octanol–water partition coefficient (Wildman–Crippen LogP) is 4.66. The summed E-state index contributed by atoms with van der Waals surface area (Å²) in [6.07, 6.45) is 2.46. The van der Waals surface area contributed by atoms with Gasteiger partial charge in [0.25, 0.3) is 0 Å². The maximum atomic E-state index is 13.5. The molecule has 4 nitrogen and oxygen atoms in total. The average molecular weight is 361 g/mol. The number of carbonyl (C=O) groups excluding carboxylic acids is 1. The lowest BCUT2D eigenvalue weighted by molar-refractivity contribution is 0.0593. The number of anilines is 1. The van der Waals surface area contributed by atoms with Crippen LogP contribution in [0.2, 0.25) is 5.02 Å². The van der Waals surface area contributed by atoms with Gasteiger partial charge in [-0.15, -0.1) is 6.58 Å². The lowest BCUT2D eigenvalue weighted by Crippen LogP contribution is -2.33. The van der Waals surface area contributed by atoms with E-state index in [1.165, 1.54) is 13.2 Å². The molecule has 0 saturated heterocycles. The van der Waals surface area contributed by atoms with Gasteiger partial charge in [0.2, 0.25) is 0 Å². The number of hydrogen-bond donors (Lipinski definition) is 1. The molecule has 0 spiro atoms. The second-order valence-electron chi connectivity index (χ2n) is 6.28. The van der Waals surface area contributed by atoms with E-state index in [1.807, 2.05) is 13.0 Å². The molecule has 0 saturated carbocycles. The summed E-state index contributed by atoms with van der Waals surface area (Å²) >= 11 is 5.92. The molecule has 1 aliphatic heterocycles. The third kappa shape index (κ3) is 3.12. The van der Waals surface area contributed by atoms with Crippen molar-refractivity contribution in [2.24, 2.45) is 0 Å². The maximum Gasteiger partial charge on any atom is 0.356 e. The molecular weight excluding hydrogens is 343 g/mol. The number of esters is 1. The molecule has 0 amide bonds. The molecule has 0 fully saturated rings. The number of fused-ring (bicyclic) bond motifs is 1. The van der Waals surface area contributed by atoms with Crippen molar-refractivity contribution >= 4 is 23.3 Å². The number of ether oxygens (including phenoxy) is 1. The molecule has 2 atom stereocenters. The zero-order chi connectivity index (χ0) is 18.2. The lowest BCUT2D eigenvalue weighted by Gasteiger charge is -2.38. The Bertz CT molecular complexity index is 855. The van der Waals surface area contributed by atoms with E-state index < -0.39 is 17.2 Å². The van der Waals surface area contributed by atoms with Gasteiger partial charge in [-0.05, 0) is 36.2 Å². The van der Waals surface area contributed by atoms with Crippen molar-refractivity contribution in [3.8, 4) is 0 Å². The zero-order valence-electron chi connectivity index (χ0n) is 14.0. The quantitative estimate of drug-likeness (QED) is 0.638. The number of methoxy groups -OCH3 is 1. The molecular formula is C19H18ClFN2O2. The van der Waals surface area contributed by atoms with Crippen LogP contribution in [0.4, 0.5) is 10.1 Å². The molecule has 2 heterocycles. The lowest BCUT2D eigenvalue weighted by atomic mass is 9.75. The standard InChI is InChI=1S/C19H18ClFN2O2/c1-4-19(2)10-16(11-5-6-13(21)12(20)9-11)22-14-7-8-15(18(24)25-3)23-17(14)19/h4-9,16,22H,1,10H2,2-3H3. The van der Waals surface area contributed by atoms with Crippen molar-refractivity contribution in [3.63, 3.8) is 0 Å². The number of halogens is 2. The number of rotatable bonds is 3. The van der Waals surface area contributed by atoms with Gasteiger partial charge in [0.15, 0.2) is 0 Å². The van der Waals surface area contributed by atoms with Gasteiger partial charge >= 0.3 is 5.97 Å². The summed E-state index contributed by atoms with van der Waals surface area (Å²) in [6.45, 7) is 5.95. The first-order valence-electron chi connectivity index (χ1n) is 7.83. The third-order valence-corrected chi connectivity index (χ3v) is 4.87. The number of benzene rings is 1. The van der Waals surface area contributed by atoms with Gasteiger partial charge in [0.1, 0.15) is 11.5 Å². The van der Waals surface area contributed by atoms with E-state index in [4.69, 9.17) is 16.3 Å². The third-order valence-electron chi connectivity index (χ3n) is 4.59. The van der Waals surface area contributed by atoms with E-state index in [0.29, 0.717) is 6.42 Å². The van der Waals surface area contributed by atoms with E-state index in [-0.39, 0.29) is 16.8 Å². The Labute approximate surface area is 150 Å². The predicted molar refractivity (Wildman–Crippen MR) is 95.5 cm³/mol. The fourth-order valence-corrected chi connectivity index (χ4v) is 3.29. The molecule has 2 aromatic rings. The van der Waals surface area contributed by atoms with Gasteiger partial charge in [0.05, 0.1) is 29.6 Å². The molecule has 1 aromatic carbocycles. The van der Waals surface area contributed by atoms with Crippen molar-refractivity contribution in [2.75, 3.05) is 12.4 Å². The first kappa shape index (κ1) is 17.4. The summed E-state index contributed by atoms with van der Waals surface area (Å²) in [5.41, 5.74) is 2.19. The normalized spacial score (nSPS) is 21.8. The summed E-state index contributed by atoms with van der Waals surface area (Å²) in [5.74, 6) is -0.931. The van der Waals surface area contributed by atoms with Crippen LogP contribution < -0.4 is 5.32 Å². The van der Waals surface area contributed by atoms with Crippen molar-refractivity contribution < 1.29 is 13.9 Å². The minimum Gasteiger partial charge on any atom is -0.464 e. The van der Waals surface area contributed by atoms with Gasteiger partial charge in [-0.25, -0.2) is 14.2 Å². The van der Waals surface area contributed by atoms with Crippen LogP contribution >= 0.6 is 11.6 Å². The smallest absolute Gasteiger partial charge is 0.356 e. The molecule has 0 radical (unpaired) electrons. The Balaban J connectivity index is 2.04. The Morgan fingerprint density at radius 3 is 2.88 bits per heavy atom. The van der Waals surface area contributed by atoms with Crippen LogP contribution in [-0.2, 0) is 10.2 Å². The number of nitrogens with one attached hydrogen (secondary N) is 1. The highest BCUT2D eigenvalue weighted by Gasteiger charge is 2.37. The second kappa shape index (κ2) is 6.48. The highest BCUT2D eigenvalue weighted by Crippen LogP contribution is 2.44. The molecule has 6 heteroatoms. The average Bonchev–Trinajstić information content (AvgIpc) is 2.63. The van der Waals surface area contributed by atoms with Gasteiger partial charge in [-0.3, -0.25) is 0 Å². The summed E-state index contributed by atoms with van der Waals surface area (Å²) in [5, 5.41) is 3.48. The van der Waals surface area contributed by atoms with E-state index in [2.05, 4.69) is 16.9 Å². The van der Waals surface area contributed by atoms with Crippen LogP contribution in [0.25, 0.3) is 0 Å². The molecule has 130 valence electrons. The van der Waals surface area contributed by atoms with Crippen LogP contribution in [0.3, 0.4) is 0 Å². The fraction of sp³-hybridized carbons (Fsp3) is 0.263. The number of hydrogen-bond acceptors (Lipinski definition) is 4. The second-order valence-corrected chi connectivity index (χ2v) is 6.69. The number of aromatic nitrogens is 1. The maximum absolute atomic E-state index is 13.5. The van der Waals surface area contributed by atoms with Crippen LogP contribution in [-0.4, -0.2) is 18.1 Å². The van der Waals surface area contributed by atoms with Crippen LogP contribution in [0.1, 0.15) is 41.1 Å². The van der Waals surface area contributed by atoms with Gasteiger partial charge in [-0.2, -0.15) is 0 Å².